The average molecular weight is 259 g/mol. The molecule has 0 aliphatic carbocycles. The highest BCUT2D eigenvalue weighted by Gasteiger charge is 2.07. The number of esters is 1. The maximum atomic E-state index is 11.7. The number of halogens is 1. The van der Waals surface area contributed by atoms with Crippen LogP contribution in [0.5, 0.6) is 0 Å². The van der Waals surface area contributed by atoms with E-state index in [1.807, 2.05) is 36.4 Å². The van der Waals surface area contributed by atoms with Gasteiger partial charge in [-0.3, -0.25) is 0 Å². The minimum absolute atomic E-state index is 0.0510. The summed E-state index contributed by atoms with van der Waals surface area (Å²) in [5, 5.41) is 0.0510. The van der Waals surface area contributed by atoms with Crippen LogP contribution in [0.3, 0.4) is 0 Å². The lowest BCUT2D eigenvalue weighted by molar-refractivity contribution is 0.0652. The molecule has 0 amide bonds. The molecule has 2 aromatic carbocycles. The molecule has 3 heteroatoms. The first kappa shape index (κ1) is 12.4. The van der Waals surface area contributed by atoms with Crippen LogP contribution in [0.15, 0.2) is 65.9 Å². The quantitative estimate of drug-likeness (QED) is 0.612. The molecule has 0 aliphatic heterocycles. The summed E-state index contributed by atoms with van der Waals surface area (Å²) in [5.41, 5.74) is 1.35. The van der Waals surface area contributed by atoms with Crippen molar-refractivity contribution in [2.75, 3.05) is 0 Å². The molecule has 2 aromatic rings. The van der Waals surface area contributed by atoms with Gasteiger partial charge in [0.1, 0.15) is 0 Å². The molecule has 0 radical (unpaired) electrons. The molecule has 0 bridgehead atoms. The van der Waals surface area contributed by atoms with Gasteiger partial charge in [-0.25, -0.2) is 4.79 Å². The Kier molecular flexibility index (Phi) is 4.15. The van der Waals surface area contributed by atoms with Gasteiger partial charge in [0.2, 0.25) is 0 Å². The summed E-state index contributed by atoms with van der Waals surface area (Å²) in [4.78, 5) is 11.7. The predicted octanol–water partition coefficient (Wildman–Crippen LogP) is 4.08. The molecule has 0 heterocycles. The van der Waals surface area contributed by atoms with Crippen molar-refractivity contribution in [3.8, 4) is 0 Å². The van der Waals surface area contributed by atoms with E-state index in [2.05, 4.69) is 0 Å². The van der Waals surface area contributed by atoms with E-state index in [-0.39, 0.29) is 5.22 Å². The minimum Gasteiger partial charge on any atom is -0.410 e. The van der Waals surface area contributed by atoms with Crippen molar-refractivity contribution < 1.29 is 9.53 Å². The molecule has 18 heavy (non-hydrogen) atoms. The topological polar surface area (TPSA) is 26.3 Å². The summed E-state index contributed by atoms with van der Waals surface area (Å²) < 4.78 is 5.03. The Morgan fingerprint density at radius 1 is 0.944 bits per heavy atom. The van der Waals surface area contributed by atoms with Gasteiger partial charge in [-0.1, -0.05) is 48.5 Å². The van der Waals surface area contributed by atoms with Crippen LogP contribution in [-0.4, -0.2) is 5.97 Å². The predicted molar refractivity (Wildman–Crippen MR) is 72.1 cm³/mol. The van der Waals surface area contributed by atoms with E-state index in [0.717, 1.165) is 5.56 Å². The van der Waals surface area contributed by atoms with Gasteiger partial charge >= 0.3 is 5.97 Å². The number of hydrogen-bond acceptors (Lipinski definition) is 2. The second kappa shape index (κ2) is 6.03. The lowest BCUT2D eigenvalue weighted by Crippen LogP contribution is -2.02. The van der Waals surface area contributed by atoms with Crippen LogP contribution in [0.25, 0.3) is 6.08 Å². The number of rotatable bonds is 3. The Morgan fingerprint density at radius 2 is 1.50 bits per heavy atom. The van der Waals surface area contributed by atoms with Gasteiger partial charge in [0, 0.05) is 6.08 Å². The maximum absolute atomic E-state index is 11.7. The van der Waals surface area contributed by atoms with E-state index in [4.69, 9.17) is 16.3 Å². The van der Waals surface area contributed by atoms with Crippen LogP contribution in [0, 0.1) is 0 Å². The van der Waals surface area contributed by atoms with Crippen LogP contribution in [0.2, 0.25) is 0 Å². The fraction of sp³-hybridized carbons (Fsp3) is 0. The van der Waals surface area contributed by atoms with Gasteiger partial charge in [-0.15, -0.1) is 0 Å². The normalized spacial score (nSPS) is 11.1. The van der Waals surface area contributed by atoms with Crippen molar-refractivity contribution in [3.63, 3.8) is 0 Å². The van der Waals surface area contributed by atoms with Crippen molar-refractivity contribution in [1.29, 1.82) is 0 Å². The monoisotopic (exact) mass is 258 g/mol. The van der Waals surface area contributed by atoms with Crippen molar-refractivity contribution in [3.05, 3.63) is 77.0 Å². The molecule has 0 unspecified atom stereocenters. The third kappa shape index (κ3) is 3.47. The SMILES string of the molecule is O=C(O/C(Cl)=C/c1ccccc1)c1ccccc1. The molecule has 0 atom stereocenters. The lowest BCUT2D eigenvalue weighted by atomic mass is 10.2. The number of carbonyl (C=O) groups is 1. The zero-order valence-corrected chi connectivity index (χ0v) is 10.3. The van der Waals surface area contributed by atoms with E-state index in [1.54, 1.807) is 30.3 Å². The highest BCUT2D eigenvalue weighted by atomic mass is 35.5. The fourth-order valence-corrected chi connectivity index (χ4v) is 1.63. The van der Waals surface area contributed by atoms with E-state index in [9.17, 15) is 4.79 Å². The molecule has 0 saturated carbocycles. The molecule has 90 valence electrons. The highest BCUT2D eigenvalue weighted by Crippen LogP contribution is 2.13. The molecule has 0 spiro atoms. The molecular weight excluding hydrogens is 248 g/mol. The van der Waals surface area contributed by atoms with E-state index in [0.29, 0.717) is 5.56 Å². The molecule has 0 fully saturated rings. The first-order chi connectivity index (χ1) is 8.75. The first-order valence-electron chi connectivity index (χ1n) is 5.45. The summed E-state index contributed by atoms with van der Waals surface area (Å²) >= 11 is 5.88. The standard InChI is InChI=1S/C15H11ClO2/c16-14(11-12-7-3-1-4-8-12)18-15(17)13-9-5-2-6-10-13/h1-11H/b14-11+. The number of hydrogen-bond donors (Lipinski definition) is 0. The summed E-state index contributed by atoms with van der Waals surface area (Å²) in [6, 6.07) is 18.1. The Labute approximate surface area is 110 Å². The van der Waals surface area contributed by atoms with Crippen LogP contribution in [-0.2, 0) is 4.74 Å². The van der Waals surface area contributed by atoms with E-state index >= 15 is 0 Å². The second-order valence-electron chi connectivity index (χ2n) is 3.61. The zero-order valence-electron chi connectivity index (χ0n) is 9.55. The summed E-state index contributed by atoms with van der Waals surface area (Å²) in [5.74, 6) is -0.465. The number of ether oxygens (including phenoxy) is 1. The van der Waals surface area contributed by atoms with E-state index < -0.39 is 5.97 Å². The minimum atomic E-state index is -0.465. The van der Waals surface area contributed by atoms with Gasteiger partial charge in [-0.2, -0.15) is 0 Å². The Hall–Kier alpha value is -2.06. The smallest absolute Gasteiger partial charge is 0.344 e. The van der Waals surface area contributed by atoms with Gasteiger partial charge in [0.05, 0.1) is 5.56 Å². The van der Waals surface area contributed by atoms with Crippen molar-refractivity contribution in [2.45, 2.75) is 0 Å². The van der Waals surface area contributed by atoms with Gasteiger partial charge in [0.15, 0.2) is 5.22 Å². The van der Waals surface area contributed by atoms with Crippen LogP contribution < -0.4 is 0 Å². The maximum Gasteiger partial charge on any atom is 0.344 e. The van der Waals surface area contributed by atoms with Gasteiger partial charge < -0.3 is 4.74 Å². The van der Waals surface area contributed by atoms with Crippen LogP contribution >= 0.6 is 11.6 Å². The fourth-order valence-electron chi connectivity index (χ4n) is 1.43. The molecule has 2 rings (SSSR count). The van der Waals surface area contributed by atoms with Crippen LogP contribution in [0.1, 0.15) is 15.9 Å². The highest BCUT2D eigenvalue weighted by molar-refractivity contribution is 6.31. The largest absolute Gasteiger partial charge is 0.410 e. The summed E-state index contributed by atoms with van der Waals surface area (Å²) in [6.07, 6.45) is 1.60. The third-order valence-corrected chi connectivity index (χ3v) is 2.47. The average Bonchev–Trinajstić information content (AvgIpc) is 2.40. The third-order valence-electron chi connectivity index (χ3n) is 2.28. The molecule has 2 nitrogen and oxygen atoms in total. The summed E-state index contributed by atoms with van der Waals surface area (Å²) in [7, 11) is 0. The molecular formula is C15H11ClO2. The van der Waals surface area contributed by atoms with Crippen molar-refractivity contribution in [2.24, 2.45) is 0 Å². The lowest BCUT2D eigenvalue weighted by Gasteiger charge is -2.02. The van der Waals surface area contributed by atoms with Gasteiger partial charge in [-0.05, 0) is 29.3 Å². The Balaban J connectivity index is 2.06. The molecule has 0 aromatic heterocycles. The Bertz CT molecular complexity index is 547. The number of carbonyl (C=O) groups excluding carboxylic acids is 1. The molecule has 0 saturated heterocycles. The first-order valence-corrected chi connectivity index (χ1v) is 5.83. The van der Waals surface area contributed by atoms with Crippen molar-refractivity contribution >= 4 is 23.6 Å². The summed E-state index contributed by atoms with van der Waals surface area (Å²) in [6.45, 7) is 0. The number of benzene rings is 2. The van der Waals surface area contributed by atoms with Gasteiger partial charge in [0.25, 0.3) is 0 Å². The molecule has 0 aliphatic rings. The second-order valence-corrected chi connectivity index (χ2v) is 3.99. The van der Waals surface area contributed by atoms with Crippen LogP contribution in [0.4, 0.5) is 0 Å². The Morgan fingerprint density at radius 3 is 2.11 bits per heavy atom. The zero-order chi connectivity index (χ0) is 12.8. The van der Waals surface area contributed by atoms with E-state index in [1.165, 1.54) is 0 Å². The van der Waals surface area contributed by atoms with Crippen molar-refractivity contribution in [1.82, 2.24) is 0 Å². The molecule has 0 N–H and O–H groups in total.